The third-order valence-corrected chi connectivity index (χ3v) is 6.94. The maximum absolute atomic E-state index is 11.7. The average molecular weight is 533 g/mol. The number of carbonyl (C=O) groups excluding carboxylic acids is 1. The van der Waals surface area contributed by atoms with Crippen LogP contribution in [0.1, 0.15) is 168 Å². The fraction of sp³-hybridized carbons (Fsp3) is 0.800. The lowest BCUT2D eigenvalue weighted by Gasteiger charge is -2.06. The average Bonchev–Trinajstić information content (AvgIpc) is 2.92. The largest absolute Gasteiger partial charge is 0.508 e. The third-order valence-electron chi connectivity index (χ3n) is 6.94. The van der Waals surface area contributed by atoms with E-state index in [1.54, 1.807) is 0 Å². The number of allylic oxidation sites excluding steroid dienone is 6. The van der Waals surface area contributed by atoms with Crippen molar-refractivity contribution in [2.75, 3.05) is 13.2 Å². The van der Waals surface area contributed by atoms with Gasteiger partial charge >= 0.3 is 6.16 Å². The Balaban J connectivity index is 3.25. The Morgan fingerprint density at radius 1 is 0.421 bits per heavy atom. The highest BCUT2D eigenvalue weighted by Crippen LogP contribution is 2.10. The van der Waals surface area contributed by atoms with E-state index in [-0.39, 0.29) is 0 Å². The Labute approximate surface area is 237 Å². The van der Waals surface area contributed by atoms with Crippen LogP contribution in [-0.2, 0) is 9.47 Å². The van der Waals surface area contributed by atoms with Crippen molar-refractivity contribution < 1.29 is 14.3 Å². The molecule has 0 amide bonds. The molecule has 0 aliphatic rings. The van der Waals surface area contributed by atoms with E-state index >= 15 is 0 Å². The van der Waals surface area contributed by atoms with Gasteiger partial charge in [-0.05, 0) is 70.6 Å². The van der Waals surface area contributed by atoms with E-state index in [4.69, 9.17) is 9.47 Å². The molecule has 0 aromatic heterocycles. The Kier molecular flexibility index (Phi) is 32.2. The Bertz CT molecular complexity index is 549. The van der Waals surface area contributed by atoms with Crippen LogP contribution in [0.5, 0.6) is 0 Å². The first kappa shape index (κ1) is 36.5. The zero-order valence-electron chi connectivity index (χ0n) is 25.6. The van der Waals surface area contributed by atoms with Crippen LogP contribution in [0.2, 0.25) is 0 Å². The summed E-state index contributed by atoms with van der Waals surface area (Å²) in [5, 5.41) is 0. The molecule has 0 aliphatic carbocycles. The molecule has 0 aromatic rings. The van der Waals surface area contributed by atoms with Crippen LogP contribution in [0.25, 0.3) is 0 Å². The highest BCUT2D eigenvalue weighted by molar-refractivity contribution is 5.59. The molecule has 0 radical (unpaired) electrons. The molecule has 0 heterocycles. The van der Waals surface area contributed by atoms with Gasteiger partial charge in [0.1, 0.15) is 0 Å². The molecule has 0 atom stereocenters. The van der Waals surface area contributed by atoms with Crippen LogP contribution >= 0.6 is 0 Å². The van der Waals surface area contributed by atoms with Gasteiger partial charge in [0.2, 0.25) is 0 Å². The van der Waals surface area contributed by atoms with Crippen molar-refractivity contribution in [1.82, 2.24) is 0 Å². The summed E-state index contributed by atoms with van der Waals surface area (Å²) in [5.41, 5.74) is 0. The van der Waals surface area contributed by atoms with E-state index in [2.05, 4.69) is 50.3 Å². The molecular weight excluding hydrogens is 468 g/mol. The topological polar surface area (TPSA) is 35.5 Å². The quantitative estimate of drug-likeness (QED) is 0.0546. The van der Waals surface area contributed by atoms with Gasteiger partial charge in [0, 0.05) is 0 Å². The Morgan fingerprint density at radius 2 is 0.737 bits per heavy atom. The van der Waals surface area contributed by atoms with E-state index in [9.17, 15) is 4.79 Å². The summed E-state index contributed by atoms with van der Waals surface area (Å²) in [6, 6.07) is 0. The Morgan fingerprint density at radius 3 is 1.18 bits per heavy atom. The lowest BCUT2D eigenvalue weighted by atomic mass is 10.1. The molecule has 3 nitrogen and oxygen atoms in total. The third kappa shape index (κ3) is 32.5. The molecule has 38 heavy (non-hydrogen) atoms. The minimum absolute atomic E-state index is 0.487. The minimum atomic E-state index is -0.492. The molecule has 0 saturated carbocycles. The number of hydrogen-bond acceptors (Lipinski definition) is 3. The number of rotatable bonds is 29. The summed E-state index contributed by atoms with van der Waals surface area (Å²) < 4.78 is 10.4. The van der Waals surface area contributed by atoms with Gasteiger partial charge in [-0.2, -0.15) is 0 Å². The second kappa shape index (κ2) is 33.5. The van der Waals surface area contributed by atoms with Gasteiger partial charge < -0.3 is 9.47 Å². The summed E-state index contributed by atoms with van der Waals surface area (Å²) in [5.74, 6) is 0. The number of unbranched alkanes of at least 4 members (excludes halogenated alkanes) is 19. The summed E-state index contributed by atoms with van der Waals surface area (Å²) in [4.78, 5) is 11.7. The van der Waals surface area contributed by atoms with E-state index in [0.29, 0.717) is 13.2 Å². The molecule has 0 rings (SSSR count). The highest BCUT2D eigenvalue weighted by atomic mass is 16.7. The maximum Gasteiger partial charge on any atom is 0.508 e. The van der Waals surface area contributed by atoms with E-state index < -0.39 is 6.16 Å². The molecule has 0 bridgehead atoms. The molecule has 0 spiro atoms. The molecule has 3 heteroatoms. The van der Waals surface area contributed by atoms with Crippen LogP contribution in [0.3, 0.4) is 0 Å². The van der Waals surface area contributed by atoms with Gasteiger partial charge in [-0.25, -0.2) is 4.79 Å². The summed E-state index contributed by atoms with van der Waals surface area (Å²) in [7, 11) is 0. The van der Waals surface area contributed by atoms with Crippen LogP contribution < -0.4 is 0 Å². The lowest BCUT2D eigenvalue weighted by molar-refractivity contribution is 0.0529. The van der Waals surface area contributed by atoms with Crippen molar-refractivity contribution in [2.24, 2.45) is 0 Å². The molecule has 0 fully saturated rings. The van der Waals surface area contributed by atoms with Gasteiger partial charge in [-0.3, -0.25) is 0 Å². The highest BCUT2D eigenvalue weighted by Gasteiger charge is 2.03. The van der Waals surface area contributed by atoms with Crippen LogP contribution in [-0.4, -0.2) is 19.4 Å². The van der Waals surface area contributed by atoms with E-state index in [1.165, 1.54) is 122 Å². The molecule has 222 valence electrons. The van der Waals surface area contributed by atoms with Crippen molar-refractivity contribution in [3.05, 3.63) is 36.5 Å². The minimum Gasteiger partial charge on any atom is -0.434 e. The van der Waals surface area contributed by atoms with Gasteiger partial charge in [-0.15, -0.1) is 0 Å². The zero-order valence-corrected chi connectivity index (χ0v) is 25.6. The first-order valence-electron chi connectivity index (χ1n) is 16.6. The summed E-state index contributed by atoms with van der Waals surface area (Å²) >= 11 is 0. The second-order valence-corrected chi connectivity index (χ2v) is 10.8. The van der Waals surface area contributed by atoms with Gasteiger partial charge in [0.25, 0.3) is 0 Å². The standard InChI is InChI=1S/C35H64O3/c1-3-5-7-9-11-13-15-17-19-20-22-24-26-28-30-32-34-38-35(36)37-33-31-29-27-25-23-21-18-16-14-12-10-8-6-4-2/h11,13-14,16-17,19H,3-10,12,15,18,20-34H2,1-2H3/b13-11-,16-14-,19-17-. The van der Waals surface area contributed by atoms with Crippen molar-refractivity contribution in [2.45, 2.75) is 168 Å². The molecular formula is C35H64O3. The number of carbonyl (C=O) groups is 1. The molecule has 0 N–H and O–H groups in total. The summed E-state index contributed by atoms with van der Waals surface area (Å²) in [6.45, 7) is 5.49. The maximum atomic E-state index is 11.7. The van der Waals surface area contributed by atoms with Crippen molar-refractivity contribution in [3.8, 4) is 0 Å². The first-order chi connectivity index (χ1) is 18.8. The van der Waals surface area contributed by atoms with Crippen molar-refractivity contribution in [3.63, 3.8) is 0 Å². The fourth-order valence-corrected chi connectivity index (χ4v) is 4.44. The second-order valence-electron chi connectivity index (χ2n) is 10.8. The molecule has 0 unspecified atom stereocenters. The smallest absolute Gasteiger partial charge is 0.434 e. The molecule has 0 saturated heterocycles. The zero-order chi connectivity index (χ0) is 27.6. The fourth-order valence-electron chi connectivity index (χ4n) is 4.44. The van der Waals surface area contributed by atoms with Crippen LogP contribution in [0.15, 0.2) is 36.5 Å². The predicted octanol–water partition coefficient (Wildman–Crippen LogP) is 12.2. The van der Waals surface area contributed by atoms with Gasteiger partial charge in [0.15, 0.2) is 0 Å². The summed E-state index contributed by atoms with van der Waals surface area (Å²) in [6.07, 6.45) is 43.1. The van der Waals surface area contributed by atoms with Gasteiger partial charge in [-0.1, -0.05) is 134 Å². The number of ether oxygens (including phenoxy) is 2. The lowest BCUT2D eigenvalue weighted by Crippen LogP contribution is -2.09. The first-order valence-corrected chi connectivity index (χ1v) is 16.6. The van der Waals surface area contributed by atoms with Crippen molar-refractivity contribution in [1.29, 1.82) is 0 Å². The van der Waals surface area contributed by atoms with Gasteiger partial charge in [0.05, 0.1) is 13.2 Å². The Hall–Kier alpha value is -1.51. The monoisotopic (exact) mass is 532 g/mol. The van der Waals surface area contributed by atoms with Crippen molar-refractivity contribution >= 4 is 6.16 Å². The normalized spacial score (nSPS) is 11.8. The molecule has 0 aliphatic heterocycles. The van der Waals surface area contributed by atoms with E-state index in [0.717, 1.165) is 32.1 Å². The predicted molar refractivity (Wildman–Crippen MR) is 167 cm³/mol. The van der Waals surface area contributed by atoms with E-state index in [1.807, 2.05) is 0 Å². The SMILES string of the molecule is CCCCC/C=C\C/C=C\CCCCCCCCOC(=O)OCCCCCCCC/C=C\CCCCCC. The number of hydrogen-bond donors (Lipinski definition) is 0. The van der Waals surface area contributed by atoms with Crippen LogP contribution in [0.4, 0.5) is 4.79 Å². The molecule has 0 aromatic carbocycles. The van der Waals surface area contributed by atoms with Crippen LogP contribution in [0, 0.1) is 0 Å².